The van der Waals surface area contributed by atoms with Gasteiger partial charge >= 0.3 is 6.03 Å². The van der Waals surface area contributed by atoms with Gasteiger partial charge in [-0.05, 0) is 39.2 Å². The molecule has 0 unspecified atom stereocenters. The zero-order valence-electron chi connectivity index (χ0n) is 15.2. The van der Waals surface area contributed by atoms with E-state index in [-0.39, 0.29) is 24.2 Å². The lowest BCUT2D eigenvalue weighted by molar-refractivity contribution is 0.0950. The van der Waals surface area contributed by atoms with Crippen LogP contribution in [0.2, 0.25) is 0 Å². The smallest absolute Gasteiger partial charge is 0.317 e. The van der Waals surface area contributed by atoms with Gasteiger partial charge in [-0.2, -0.15) is 0 Å². The third-order valence-corrected chi connectivity index (χ3v) is 4.64. The number of benzene rings is 1. The van der Waals surface area contributed by atoms with E-state index in [2.05, 4.69) is 31.0 Å². The minimum absolute atomic E-state index is 0.0251. The Morgan fingerprint density at radius 2 is 1.88 bits per heavy atom. The van der Waals surface area contributed by atoms with Crippen LogP contribution < -0.4 is 5.32 Å². The van der Waals surface area contributed by atoms with Crippen LogP contribution in [0.25, 0.3) is 0 Å². The molecule has 5 heteroatoms. The zero-order chi connectivity index (χ0) is 17.6. The maximum Gasteiger partial charge on any atom is 0.317 e. The molecule has 5 nitrogen and oxygen atoms in total. The second kappa shape index (κ2) is 8.49. The first-order valence-electron chi connectivity index (χ1n) is 8.85. The fourth-order valence-electron chi connectivity index (χ4n) is 3.14. The van der Waals surface area contributed by atoms with Gasteiger partial charge in [-0.25, -0.2) is 4.79 Å². The normalized spacial score (nSPS) is 16.8. The maximum absolute atomic E-state index is 12.6. The van der Waals surface area contributed by atoms with E-state index in [0.717, 1.165) is 31.5 Å². The van der Waals surface area contributed by atoms with Crippen molar-refractivity contribution < 1.29 is 9.90 Å². The predicted molar refractivity (Wildman–Crippen MR) is 96.8 cm³/mol. The lowest BCUT2D eigenvalue weighted by Crippen LogP contribution is -2.53. The standard InChI is InChI=1S/C19H31N3O2/c1-19(2,3)22-11-9-17(10-12-22)20-18(24)21(13-14-23)15-16-7-5-4-6-8-16/h4-8,17,23H,9-15H2,1-3H3,(H,20,24). The number of aliphatic hydroxyl groups is 1. The summed E-state index contributed by atoms with van der Waals surface area (Å²) in [5.74, 6) is 0. The van der Waals surface area contributed by atoms with E-state index in [4.69, 9.17) is 0 Å². The molecule has 1 heterocycles. The van der Waals surface area contributed by atoms with E-state index in [1.807, 2.05) is 30.3 Å². The molecule has 0 radical (unpaired) electrons. The van der Waals surface area contributed by atoms with Gasteiger partial charge in [-0.15, -0.1) is 0 Å². The number of piperidine rings is 1. The molecule has 1 aliphatic heterocycles. The zero-order valence-corrected chi connectivity index (χ0v) is 15.2. The lowest BCUT2D eigenvalue weighted by atomic mass is 9.98. The van der Waals surface area contributed by atoms with E-state index in [9.17, 15) is 9.90 Å². The molecule has 24 heavy (non-hydrogen) atoms. The van der Waals surface area contributed by atoms with E-state index < -0.39 is 0 Å². The van der Waals surface area contributed by atoms with Gasteiger partial charge in [0.05, 0.1) is 6.61 Å². The van der Waals surface area contributed by atoms with Crippen molar-refractivity contribution in [2.75, 3.05) is 26.2 Å². The molecule has 134 valence electrons. The van der Waals surface area contributed by atoms with Gasteiger partial charge in [-0.3, -0.25) is 4.90 Å². The first kappa shape index (κ1) is 18.7. The summed E-state index contributed by atoms with van der Waals surface area (Å²) in [5, 5.41) is 12.4. The number of nitrogens with one attached hydrogen (secondary N) is 1. The largest absolute Gasteiger partial charge is 0.395 e. The number of hydrogen-bond acceptors (Lipinski definition) is 3. The fourth-order valence-corrected chi connectivity index (χ4v) is 3.14. The van der Waals surface area contributed by atoms with Gasteiger partial charge in [-0.1, -0.05) is 30.3 Å². The molecule has 0 bridgehead atoms. The molecule has 2 amide bonds. The summed E-state index contributed by atoms with van der Waals surface area (Å²) >= 11 is 0. The van der Waals surface area contributed by atoms with Crippen molar-refractivity contribution in [3.63, 3.8) is 0 Å². The highest BCUT2D eigenvalue weighted by Crippen LogP contribution is 2.20. The van der Waals surface area contributed by atoms with Gasteiger partial charge in [0, 0.05) is 37.8 Å². The maximum atomic E-state index is 12.6. The van der Waals surface area contributed by atoms with Gasteiger partial charge in [0.1, 0.15) is 0 Å². The van der Waals surface area contributed by atoms with E-state index in [1.54, 1.807) is 4.90 Å². The Kier molecular flexibility index (Phi) is 6.63. The molecular formula is C19H31N3O2. The third kappa shape index (κ3) is 5.49. The Morgan fingerprint density at radius 3 is 2.42 bits per heavy atom. The topological polar surface area (TPSA) is 55.8 Å². The molecule has 1 aliphatic rings. The Labute approximate surface area is 145 Å². The first-order valence-corrected chi connectivity index (χ1v) is 8.85. The number of carbonyl (C=O) groups is 1. The molecule has 1 aromatic rings. The van der Waals surface area contributed by atoms with E-state index in [0.29, 0.717) is 13.1 Å². The van der Waals surface area contributed by atoms with Crippen LogP contribution in [0.15, 0.2) is 30.3 Å². The molecule has 0 saturated carbocycles. The van der Waals surface area contributed by atoms with Crippen LogP contribution in [0, 0.1) is 0 Å². The summed E-state index contributed by atoms with van der Waals surface area (Å²) in [7, 11) is 0. The van der Waals surface area contributed by atoms with Crippen LogP contribution in [0.4, 0.5) is 4.79 Å². The summed E-state index contributed by atoms with van der Waals surface area (Å²) in [5.41, 5.74) is 1.26. The second-order valence-electron chi connectivity index (χ2n) is 7.51. The Morgan fingerprint density at radius 1 is 1.25 bits per heavy atom. The average molecular weight is 333 g/mol. The number of rotatable bonds is 5. The highest BCUT2D eigenvalue weighted by Gasteiger charge is 2.28. The monoisotopic (exact) mass is 333 g/mol. The summed E-state index contributed by atoms with van der Waals surface area (Å²) in [6.45, 7) is 9.55. The van der Waals surface area contributed by atoms with E-state index >= 15 is 0 Å². The number of carbonyl (C=O) groups excluding carboxylic acids is 1. The predicted octanol–water partition coefficient (Wildman–Crippen LogP) is 2.45. The Balaban J connectivity index is 1.87. The van der Waals surface area contributed by atoms with Crippen molar-refractivity contribution in [2.45, 2.75) is 51.7 Å². The van der Waals surface area contributed by atoms with Crippen LogP contribution in [0.1, 0.15) is 39.2 Å². The number of aliphatic hydroxyl groups excluding tert-OH is 1. The minimum atomic E-state index is -0.0814. The van der Waals surface area contributed by atoms with Crippen molar-refractivity contribution in [2.24, 2.45) is 0 Å². The minimum Gasteiger partial charge on any atom is -0.395 e. The Hall–Kier alpha value is -1.59. The summed E-state index contributed by atoms with van der Waals surface area (Å²) in [6.07, 6.45) is 1.95. The molecule has 2 rings (SSSR count). The summed E-state index contributed by atoms with van der Waals surface area (Å²) in [6, 6.07) is 10.0. The van der Waals surface area contributed by atoms with Crippen molar-refractivity contribution in [3.05, 3.63) is 35.9 Å². The number of likely N-dealkylation sites (tertiary alicyclic amines) is 1. The SMILES string of the molecule is CC(C)(C)N1CCC(NC(=O)N(CCO)Cc2ccccc2)CC1. The number of hydrogen-bond donors (Lipinski definition) is 2. The van der Waals surface area contributed by atoms with Crippen LogP contribution >= 0.6 is 0 Å². The molecule has 0 aliphatic carbocycles. The molecule has 1 saturated heterocycles. The molecule has 1 fully saturated rings. The third-order valence-electron chi connectivity index (χ3n) is 4.64. The number of nitrogens with zero attached hydrogens (tertiary/aromatic N) is 2. The first-order chi connectivity index (χ1) is 11.4. The van der Waals surface area contributed by atoms with Gasteiger partial charge < -0.3 is 15.3 Å². The molecule has 0 spiro atoms. The summed E-state index contributed by atoms with van der Waals surface area (Å²) < 4.78 is 0. The molecule has 1 aromatic carbocycles. The van der Waals surface area contributed by atoms with Crippen LogP contribution in [-0.2, 0) is 6.54 Å². The molecular weight excluding hydrogens is 302 g/mol. The fraction of sp³-hybridized carbons (Fsp3) is 0.632. The molecule has 2 N–H and O–H groups in total. The lowest BCUT2D eigenvalue weighted by Gasteiger charge is -2.41. The van der Waals surface area contributed by atoms with Crippen molar-refractivity contribution in [3.8, 4) is 0 Å². The van der Waals surface area contributed by atoms with Crippen molar-refractivity contribution in [1.82, 2.24) is 15.1 Å². The molecule has 0 aromatic heterocycles. The van der Waals surface area contributed by atoms with Crippen LogP contribution in [0.5, 0.6) is 0 Å². The average Bonchev–Trinajstić information content (AvgIpc) is 2.55. The Bertz CT molecular complexity index is 505. The van der Waals surface area contributed by atoms with E-state index in [1.165, 1.54) is 0 Å². The van der Waals surface area contributed by atoms with Gasteiger partial charge in [0.15, 0.2) is 0 Å². The van der Waals surface area contributed by atoms with Crippen molar-refractivity contribution >= 4 is 6.03 Å². The number of urea groups is 1. The second-order valence-corrected chi connectivity index (χ2v) is 7.51. The van der Waals surface area contributed by atoms with Crippen LogP contribution in [-0.4, -0.2) is 58.8 Å². The highest BCUT2D eigenvalue weighted by molar-refractivity contribution is 5.74. The van der Waals surface area contributed by atoms with Crippen LogP contribution in [0.3, 0.4) is 0 Å². The number of amides is 2. The quantitative estimate of drug-likeness (QED) is 0.870. The molecule has 0 atom stereocenters. The van der Waals surface area contributed by atoms with Gasteiger partial charge in [0.2, 0.25) is 0 Å². The highest BCUT2D eigenvalue weighted by atomic mass is 16.3. The van der Waals surface area contributed by atoms with Crippen molar-refractivity contribution in [1.29, 1.82) is 0 Å². The summed E-state index contributed by atoms with van der Waals surface area (Å²) in [4.78, 5) is 16.7. The van der Waals surface area contributed by atoms with Gasteiger partial charge in [0.25, 0.3) is 0 Å².